The molecule has 22 heteroatoms. The summed E-state index contributed by atoms with van der Waals surface area (Å²) in [6, 6.07) is -2.04. The summed E-state index contributed by atoms with van der Waals surface area (Å²) < 4.78 is 42.8. The average molecular weight is 614 g/mol. The van der Waals surface area contributed by atoms with Gasteiger partial charge in [0.05, 0.1) is 37.2 Å². The molecule has 3 saturated heterocycles. The van der Waals surface area contributed by atoms with Gasteiger partial charge in [-0.05, 0) is 6.07 Å². The molecule has 0 aliphatic carbocycles. The van der Waals surface area contributed by atoms with E-state index in [0.29, 0.717) is 0 Å². The molecule has 3 aliphatic heterocycles. The number of aromatic nitrogens is 2. The fraction of sp³-hybridized carbons (Fsp3) is 0.667. The zero-order chi connectivity index (χ0) is 29.6. The smallest absolute Gasteiger partial charge is 0.390 e. The quantitative estimate of drug-likeness (QED) is 0.125. The van der Waals surface area contributed by atoms with Crippen LogP contribution in [0.5, 0.6) is 0 Å². The standard InChI is InChI=1S/C18H28N6O14P2/c19-14-15(24(18(28)22-16(14)20)13-4-9(26)11(38-13)6-36-40(32,33)34)7-1-2-23(17(27)21-7)12-3-8(25)10(37-12)5-35-39(29,30)31/h1-2,8-15,25-26H,3-6,19H2,(H2,20,22,28)(H2,29,30,31)(H2,32,33,34)/t8-,9-,10+,11+,12+,13+,14?,15?/m0/s1. The average Bonchev–Trinajstić information content (AvgIpc) is 3.39. The summed E-state index contributed by atoms with van der Waals surface area (Å²) in [6.07, 6.45) is -6.29. The minimum Gasteiger partial charge on any atom is -0.390 e. The second kappa shape index (κ2) is 11.6. The third-order valence-corrected chi connectivity index (χ3v) is 7.42. The molecular weight excluding hydrogens is 586 g/mol. The molecule has 2 unspecified atom stereocenters. The highest BCUT2D eigenvalue weighted by molar-refractivity contribution is 7.46. The summed E-state index contributed by atoms with van der Waals surface area (Å²) >= 11 is 0. The normalized spacial score (nSPS) is 33.4. The fourth-order valence-electron chi connectivity index (χ4n) is 4.58. The summed E-state index contributed by atoms with van der Waals surface area (Å²) in [6.45, 7) is -1.33. The second-order valence-corrected chi connectivity index (χ2v) is 11.7. The molecule has 2 amide bonds. The Kier molecular flexibility index (Phi) is 8.94. The molecule has 8 atom stereocenters. The lowest BCUT2D eigenvalue weighted by Gasteiger charge is -2.42. The van der Waals surface area contributed by atoms with Gasteiger partial charge < -0.3 is 45.0 Å². The zero-order valence-electron chi connectivity index (χ0n) is 20.4. The van der Waals surface area contributed by atoms with Crippen LogP contribution in [0.25, 0.3) is 0 Å². The van der Waals surface area contributed by atoms with E-state index < -0.39 is 95.4 Å². The van der Waals surface area contributed by atoms with Gasteiger partial charge in [0.2, 0.25) is 0 Å². The first kappa shape index (κ1) is 30.8. The van der Waals surface area contributed by atoms with Crippen LogP contribution in [0.2, 0.25) is 0 Å². The van der Waals surface area contributed by atoms with Crippen LogP contribution < -0.4 is 16.7 Å². The number of rotatable bonds is 9. The predicted octanol–water partition coefficient (Wildman–Crippen LogP) is -3.04. The van der Waals surface area contributed by atoms with E-state index in [2.05, 4.69) is 19.3 Å². The first-order chi connectivity index (χ1) is 18.5. The lowest BCUT2D eigenvalue weighted by molar-refractivity contribution is -0.0765. The molecule has 4 rings (SSSR count). The molecule has 0 aromatic carbocycles. The number of nitrogens with one attached hydrogen (secondary N) is 2. The third kappa shape index (κ3) is 7.00. The number of urea groups is 1. The van der Waals surface area contributed by atoms with E-state index in [0.717, 1.165) is 9.47 Å². The monoisotopic (exact) mass is 614 g/mol. The SMILES string of the molecule is N=C1NC(=O)N([C@H]2C[C@H](O)[C@@H](COP(=O)(O)O)O2)C(c2ccn([C@H]3C[C@H](O)[C@@H](COP(=O)(O)O)O3)c(=O)n2)C1N. The molecule has 20 nitrogen and oxygen atoms in total. The number of aliphatic hydroxyl groups is 2. The summed E-state index contributed by atoms with van der Waals surface area (Å²) in [7, 11) is -9.70. The Labute approximate surface area is 224 Å². The first-order valence-corrected chi connectivity index (χ1v) is 14.7. The van der Waals surface area contributed by atoms with Crippen LogP contribution in [-0.2, 0) is 27.7 Å². The van der Waals surface area contributed by atoms with Crippen LogP contribution in [-0.4, -0.2) is 106 Å². The van der Waals surface area contributed by atoms with Crippen molar-refractivity contribution in [1.82, 2.24) is 19.8 Å². The number of phosphoric acid groups is 2. The molecule has 0 spiro atoms. The predicted molar refractivity (Wildman–Crippen MR) is 127 cm³/mol. The zero-order valence-corrected chi connectivity index (χ0v) is 22.2. The fourth-order valence-corrected chi connectivity index (χ4v) is 5.26. The Morgan fingerprint density at radius 1 is 1.02 bits per heavy atom. The van der Waals surface area contributed by atoms with Crippen LogP contribution >= 0.6 is 15.6 Å². The molecule has 0 radical (unpaired) electrons. The number of carbonyl (C=O) groups is 1. The van der Waals surface area contributed by atoms with Crippen molar-refractivity contribution in [3.05, 3.63) is 28.4 Å². The van der Waals surface area contributed by atoms with Gasteiger partial charge in [0.1, 0.15) is 36.5 Å². The molecule has 3 fully saturated rings. The van der Waals surface area contributed by atoms with Crippen molar-refractivity contribution in [2.75, 3.05) is 13.2 Å². The highest BCUT2D eigenvalue weighted by Gasteiger charge is 2.48. The summed E-state index contributed by atoms with van der Waals surface area (Å²) in [4.78, 5) is 66.4. The highest BCUT2D eigenvalue weighted by atomic mass is 31.2. The molecule has 10 N–H and O–H groups in total. The van der Waals surface area contributed by atoms with Gasteiger partial charge in [-0.2, -0.15) is 4.98 Å². The van der Waals surface area contributed by atoms with Crippen molar-refractivity contribution in [1.29, 1.82) is 5.41 Å². The Balaban J connectivity index is 1.55. The minimum absolute atomic E-state index is 0.0683. The van der Waals surface area contributed by atoms with Crippen molar-refractivity contribution < 1.29 is 62.2 Å². The Morgan fingerprint density at radius 2 is 1.55 bits per heavy atom. The van der Waals surface area contributed by atoms with Crippen LogP contribution in [0.15, 0.2) is 17.1 Å². The number of amides is 2. The van der Waals surface area contributed by atoms with Crippen LogP contribution in [0, 0.1) is 5.41 Å². The van der Waals surface area contributed by atoms with Crippen molar-refractivity contribution in [2.24, 2.45) is 5.73 Å². The Hall–Kier alpha value is -2.16. The van der Waals surface area contributed by atoms with Gasteiger partial charge in [-0.1, -0.05) is 0 Å². The van der Waals surface area contributed by atoms with Crippen LogP contribution in [0.3, 0.4) is 0 Å². The van der Waals surface area contributed by atoms with Gasteiger partial charge in [-0.25, -0.2) is 18.7 Å². The topological polar surface area (TPSA) is 310 Å². The van der Waals surface area contributed by atoms with E-state index in [1.807, 2.05) is 0 Å². The number of nitrogens with two attached hydrogens (primary N) is 1. The summed E-state index contributed by atoms with van der Waals surface area (Å²) in [5, 5.41) is 30.8. The minimum atomic E-state index is -4.87. The van der Waals surface area contributed by atoms with Crippen molar-refractivity contribution in [2.45, 2.75) is 61.8 Å². The van der Waals surface area contributed by atoms with Crippen molar-refractivity contribution >= 4 is 27.5 Å². The van der Waals surface area contributed by atoms with Crippen LogP contribution in [0.1, 0.15) is 30.8 Å². The molecule has 0 saturated carbocycles. The number of hydrogen-bond acceptors (Lipinski definition) is 13. The highest BCUT2D eigenvalue weighted by Crippen LogP contribution is 2.40. The number of amidine groups is 1. The van der Waals surface area contributed by atoms with Gasteiger partial charge >= 0.3 is 27.4 Å². The summed E-state index contributed by atoms with van der Waals surface area (Å²) in [5.41, 5.74) is 5.19. The number of phosphoric ester groups is 2. The number of aliphatic hydroxyl groups excluding tert-OH is 2. The van der Waals surface area contributed by atoms with Gasteiger partial charge in [0, 0.05) is 19.0 Å². The van der Waals surface area contributed by atoms with Gasteiger partial charge in [0.15, 0.2) is 0 Å². The number of hydrogen-bond donors (Lipinski definition) is 9. The first-order valence-electron chi connectivity index (χ1n) is 11.6. The molecule has 40 heavy (non-hydrogen) atoms. The molecule has 224 valence electrons. The van der Waals surface area contributed by atoms with Gasteiger partial charge in [-0.15, -0.1) is 0 Å². The maximum atomic E-state index is 12.9. The van der Waals surface area contributed by atoms with E-state index in [1.54, 1.807) is 0 Å². The lowest BCUT2D eigenvalue weighted by atomic mass is 9.99. The lowest BCUT2D eigenvalue weighted by Crippen LogP contribution is -2.64. The van der Waals surface area contributed by atoms with E-state index in [4.69, 9.17) is 40.2 Å². The molecule has 1 aromatic heterocycles. The number of ether oxygens (including phenoxy) is 2. The molecule has 4 heterocycles. The Morgan fingerprint density at radius 3 is 2.08 bits per heavy atom. The molecule has 1 aromatic rings. The summed E-state index contributed by atoms with van der Waals surface area (Å²) in [5.74, 6) is -0.396. The van der Waals surface area contributed by atoms with Crippen LogP contribution in [0.4, 0.5) is 4.79 Å². The van der Waals surface area contributed by atoms with E-state index in [9.17, 15) is 28.9 Å². The van der Waals surface area contributed by atoms with Crippen molar-refractivity contribution in [3.8, 4) is 0 Å². The maximum absolute atomic E-state index is 12.9. The van der Waals surface area contributed by atoms with E-state index in [-0.39, 0.29) is 18.5 Å². The van der Waals surface area contributed by atoms with Crippen molar-refractivity contribution in [3.63, 3.8) is 0 Å². The largest absolute Gasteiger partial charge is 0.469 e. The molecule has 3 aliphatic rings. The van der Waals surface area contributed by atoms with Gasteiger partial charge in [0.25, 0.3) is 0 Å². The number of nitrogens with zero attached hydrogens (tertiary/aromatic N) is 3. The van der Waals surface area contributed by atoms with E-state index in [1.165, 1.54) is 12.3 Å². The number of carbonyl (C=O) groups excluding carboxylic acids is 1. The molecule has 0 bridgehead atoms. The Bertz CT molecular complexity index is 1290. The second-order valence-electron chi connectivity index (χ2n) is 9.20. The van der Waals surface area contributed by atoms with Gasteiger partial charge in [-0.3, -0.25) is 29.2 Å². The maximum Gasteiger partial charge on any atom is 0.469 e. The molecular formula is C18H28N6O14P2. The third-order valence-electron chi connectivity index (χ3n) is 6.45. The van der Waals surface area contributed by atoms with E-state index >= 15 is 0 Å².